The number of thioether (sulfide) groups is 1. The number of benzene rings is 2. The summed E-state index contributed by atoms with van der Waals surface area (Å²) >= 11 is 1.95. The summed E-state index contributed by atoms with van der Waals surface area (Å²) in [4.78, 5) is 23.1. The SMILES string of the molecule is CCC1(CC)C(=O)Nc2cc(C#Cc3nccc4cnc(Nc5ccc(SC6CC6)cc5)cc34)ccc21. The first-order valence-electron chi connectivity index (χ1n) is 12.8. The molecule has 0 radical (unpaired) electrons. The van der Waals surface area contributed by atoms with Crippen molar-refractivity contribution in [3.63, 3.8) is 0 Å². The third-order valence-corrected chi connectivity index (χ3v) is 8.70. The summed E-state index contributed by atoms with van der Waals surface area (Å²) in [5.41, 5.74) is 4.03. The number of pyridine rings is 2. The maximum Gasteiger partial charge on any atom is 0.235 e. The Morgan fingerprint density at radius 2 is 1.84 bits per heavy atom. The van der Waals surface area contributed by atoms with Gasteiger partial charge in [0.2, 0.25) is 5.91 Å². The van der Waals surface area contributed by atoms with Crippen LogP contribution in [0.15, 0.2) is 71.9 Å². The summed E-state index contributed by atoms with van der Waals surface area (Å²) in [5.74, 6) is 7.33. The van der Waals surface area contributed by atoms with Gasteiger partial charge in [0.15, 0.2) is 0 Å². The molecular weight excluding hydrogens is 476 g/mol. The highest BCUT2D eigenvalue weighted by atomic mass is 32.2. The number of hydrogen-bond donors (Lipinski definition) is 2. The average molecular weight is 505 g/mol. The Balaban J connectivity index is 1.26. The molecule has 1 aliphatic carbocycles. The lowest BCUT2D eigenvalue weighted by atomic mass is 9.77. The van der Waals surface area contributed by atoms with Crippen LogP contribution in [0.25, 0.3) is 10.8 Å². The Bertz CT molecular complexity index is 1560. The smallest absolute Gasteiger partial charge is 0.235 e. The van der Waals surface area contributed by atoms with Gasteiger partial charge < -0.3 is 10.6 Å². The van der Waals surface area contributed by atoms with Crippen molar-refractivity contribution in [1.82, 2.24) is 9.97 Å². The first-order chi connectivity index (χ1) is 18.1. The molecule has 4 aromatic rings. The van der Waals surface area contributed by atoms with E-state index in [1.165, 1.54) is 17.7 Å². The molecule has 2 aromatic carbocycles. The van der Waals surface area contributed by atoms with E-state index >= 15 is 0 Å². The molecule has 1 fully saturated rings. The maximum atomic E-state index is 12.7. The molecule has 5 nitrogen and oxygen atoms in total. The van der Waals surface area contributed by atoms with Gasteiger partial charge in [0.05, 0.1) is 5.41 Å². The molecular formula is C31H28N4OS. The van der Waals surface area contributed by atoms with Crippen LogP contribution < -0.4 is 10.6 Å². The van der Waals surface area contributed by atoms with Gasteiger partial charge in [0.25, 0.3) is 0 Å². The van der Waals surface area contributed by atoms with Crippen LogP contribution in [-0.2, 0) is 10.2 Å². The van der Waals surface area contributed by atoms with E-state index in [1.54, 1.807) is 6.20 Å². The second-order valence-electron chi connectivity index (χ2n) is 9.67. The highest BCUT2D eigenvalue weighted by molar-refractivity contribution is 8.00. The highest BCUT2D eigenvalue weighted by Crippen LogP contribution is 2.43. The molecule has 37 heavy (non-hydrogen) atoms. The fourth-order valence-electron chi connectivity index (χ4n) is 4.97. The zero-order valence-electron chi connectivity index (χ0n) is 21.0. The number of fused-ring (bicyclic) bond motifs is 2. The predicted molar refractivity (Wildman–Crippen MR) is 151 cm³/mol. The normalized spacial score (nSPS) is 15.6. The lowest BCUT2D eigenvalue weighted by molar-refractivity contribution is -0.121. The zero-order chi connectivity index (χ0) is 25.4. The molecule has 6 heteroatoms. The molecule has 1 aliphatic heterocycles. The van der Waals surface area contributed by atoms with Crippen molar-refractivity contribution in [2.24, 2.45) is 0 Å². The topological polar surface area (TPSA) is 66.9 Å². The van der Waals surface area contributed by atoms with Crippen molar-refractivity contribution in [1.29, 1.82) is 0 Å². The van der Waals surface area contributed by atoms with Crippen LogP contribution in [0.2, 0.25) is 0 Å². The lowest BCUT2D eigenvalue weighted by Gasteiger charge is -2.23. The Kier molecular flexibility index (Phi) is 6.10. The van der Waals surface area contributed by atoms with Crippen LogP contribution >= 0.6 is 11.8 Å². The third-order valence-electron chi connectivity index (χ3n) is 7.35. The second-order valence-corrected chi connectivity index (χ2v) is 11.0. The van der Waals surface area contributed by atoms with Gasteiger partial charge in [-0.1, -0.05) is 25.8 Å². The zero-order valence-corrected chi connectivity index (χ0v) is 21.8. The molecule has 2 aromatic heterocycles. The van der Waals surface area contributed by atoms with Gasteiger partial charge >= 0.3 is 0 Å². The molecule has 0 atom stereocenters. The second kappa shape index (κ2) is 9.57. The van der Waals surface area contributed by atoms with Crippen LogP contribution in [0.5, 0.6) is 0 Å². The molecule has 3 heterocycles. The van der Waals surface area contributed by atoms with Gasteiger partial charge in [0, 0.05) is 50.2 Å². The molecule has 0 bridgehead atoms. The molecule has 1 amide bonds. The highest BCUT2D eigenvalue weighted by Gasteiger charge is 2.43. The van der Waals surface area contributed by atoms with Crippen molar-refractivity contribution < 1.29 is 4.79 Å². The summed E-state index contributed by atoms with van der Waals surface area (Å²) in [6.45, 7) is 4.14. The number of anilines is 3. The van der Waals surface area contributed by atoms with E-state index in [1.807, 2.05) is 48.3 Å². The summed E-state index contributed by atoms with van der Waals surface area (Å²) in [6, 6.07) is 18.5. The molecule has 2 N–H and O–H groups in total. The Morgan fingerprint density at radius 1 is 1.03 bits per heavy atom. The fourth-order valence-corrected chi connectivity index (χ4v) is 6.02. The first kappa shape index (κ1) is 23.6. The summed E-state index contributed by atoms with van der Waals surface area (Å²) < 4.78 is 0. The van der Waals surface area contributed by atoms with Crippen molar-refractivity contribution in [3.8, 4) is 11.8 Å². The number of aromatic nitrogens is 2. The summed E-state index contributed by atoms with van der Waals surface area (Å²) in [5, 5.41) is 9.20. The van der Waals surface area contributed by atoms with Gasteiger partial charge in [-0.3, -0.25) is 4.79 Å². The quantitative estimate of drug-likeness (QED) is 0.276. The summed E-state index contributed by atoms with van der Waals surface area (Å²) in [7, 11) is 0. The van der Waals surface area contributed by atoms with Crippen molar-refractivity contribution in [3.05, 3.63) is 83.8 Å². The molecule has 2 aliphatic rings. The van der Waals surface area contributed by atoms with Gasteiger partial charge in [0.1, 0.15) is 11.5 Å². The number of nitrogens with one attached hydrogen (secondary N) is 2. The number of carbonyl (C=O) groups is 1. The molecule has 6 rings (SSSR count). The van der Waals surface area contributed by atoms with E-state index in [0.717, 1.165) is 57.2 Å². The lowest BCUT2D eigenvalue weighted by Crippen LogP contribution is -2.32. The Morgan fingerprint density at radius 3 is 2.59 bits per heavy atom. The predicted octanol–water partition coefficient (Wildman–Crippen LogP) is 7.04. The number of nitrogens with zero attached hydrogens (tertiary/aromatic N) is 2. The number of carbonyl (C=O) groups excluding carboxylic acids is 1. The largest absolute Gasteiger partial charge is 0.340 e. The minimum atomic E-state index is -0.439. The van der Waals surface area contributed by atoms with Gasteiger partial charge in [-0.25, -0.2) is 9.97 Å². The van der Waals surface area contributed by atoms with E-state index in [-0.39, 0.29) is 5.91 Å². The molecule has 184 valence electrons. The van der Waals surface area contributed by atoms with E-state index in [0.29, 0.717) is 5.69 Å². The Labute approximate surface area is 221 Å². The van der Waals surface area contributed by atoms with E-state index in [2.05, 4.69) is 70.6 Å². The monoisotopic (exact) mass is 504 g/mol. The van der Waals surface area contributed by atoms with E-state index in [9.17, 15) is 4.79 Å². The molecule has 0 saturated heterocycles. The van der Waals surface area contributed by atoms with Crippen molar-refractivity contribution >= 4 is 45.6 Å². The summed E-state index contributed by atoms with van der Waals surface area (Å²) in [6.07, 6.45) is 7.82. The number of rotatable bonds is 6. The first-order valence-corrected chi connectivity index (χ1v) is 13.7. The van der Waals surface area contributed by atoms with Gasteiger partial charge in [-0.05, 0) is 85.7 Å². The van der Waals surface area contributed by atoms with Crippen molar-refractivity contribution in [2.45, 2.75) is 55.1 Å². The Hall–Kier alpha value is -3.82. The fraction of sp³-hybridized carbons (Fsp3) is 0.258. The van der Waals surface area contributed by atoms with Crippen LogP contribution in [0.4, 0.5) is 17.2 Å². The van der Waals surface area contributed by atoms with Crippen LogP contribution in [-0.4, -0.2) is 21.1 Å². The van der Waals surface area contributed by atoms with Crippen LogP contribution in [0.3, 0.4) is 0 Å². The van der Waals surface area contributed by atoms with Gasteiger partial charge in [-0.2, -0.15) is 0 Å². The van der Waals surface area contributed by atoms with Crippen LogP contribution in [0, 0.1) is 11.8 Å². The minimum Gasteiger partial charge on any atom is -0.340 e. The van der Waals surface area contributed by atoms with Crippen molar-refractivity contribution in [2.75, 3.05) is 10.6 Å². The van der Waals surface area contributed by atoms with E-state index < -0.39 is 5.41 Å². The minimum absolute atomic E-state index is 0.0807. The molecule has 0 spiro atoms. The van der Waals surface area contributed by atoms with Gasteiger partial charge in [-0.15, -0.1) is 11.8 Å². The standard InChI is InChI=1S/C31H28N4OS/c1-3-31(4-2)26-13-5-20(17-28(26)35-30(31)36)6-14-27-25-18-29(33-19-21(25)15-16-32-27)34-22-7-9-23(10-8-22)37-24-11-12-24/h5,7-10,13,15-19,24H,3-4,11-12H2,1-2H3,(H,33,34)(H,35,36). The number of amides is 1. The third kappa shape index (κ3) is 4.56. The average Bonchev–Trinajstić information content (AvgIpc) is 3.69. The maximum absolute atomic E-state index is 12.7. The molecule has 0 unspecified atom stereocenters. The van der Waals surface area contributed by atoms with E-state index in [4.69, 9.17) is 0 Å². The molecule has 1 saturated carbocycles. The number of hydrogen-bond acceptors (Lipinski definition) is 5. The van der Waals surface area contributed by atoms with Crippen LogP contribution in [0.1, 0.15) is 56.4 Å².